The smallest absolute Gasteiger partial charge is 0.412 e. The summed E-state index contributed by atoms with van der Waals surface area (Å²) in [5.74, 6) is -0.773. The zero-order valence-electron chi connectivity index (χ0n) is 24.6. The fourth-order valence-corrected chi connectivity index (χ4v) is 4.50. The molecule has 2 aliphatic rings. The molecule has 1 aromatic rings. The van der Waals surface area contributed by atoms with Crippen molar-refractivity contribution >= 4 is 29.7 Å². The lowest BCUT2D eigenvalue weighted by Crippen LogP contribution is -2.56. The molecule has 0 aromatic heterocycles. The van der Waals surface area contributed by atoms with Crippen molar-refractivity contribution in [1.82, 2.24) is 14.7 Å². The van der Waals surface area contributed by atoms with E-state index in [-0.39, 0.29) is 43.5 Å². The summed E-state index contributed by atoms with van der Waals surface area (Å²) in [5, 5.41) is 0. The molecule has 0 bridgehead atoms. The van der Waals surface area contributed by atoms with E-state index in [2.05, 4.69) is 4.90 Å². The van der Waals surface area contributed by atoms with Crippen molar-refractivity contribution in [2.45, 2.75) is 59.6 Å². The molecular formula is C29H41N3O9. The standard InChI is InChI=1S/C29H41N3O9/c1-20(2)41-26(35)18-38-23-8-6-21(7-9-23)24(33)16-32-15-14-31(17-25(32)34)22-10-12-30(13-11-22)28(37)40-19-39-27(36)29(3,4)5/h6-9,20,22H,10-19H2,1-5H3. The van der Waals surface area contributed by atoms with Gasteiger partial charge in [0, 0.05) is 37.8 Å². The van der Waals surface area contributed by atoms with Gasteiger partial charge in [0.2, 0.25) is 12.7 Å². The van der Waals surface area contributed by atoms with Gasteiger partial charge in [0.05, 0.1) is 24.6 Å². The van der Waals surface area contributed by atoms with E-state index in [0.717, 1.165) is 0 Å². The molecule has 12 nitrogen and oxygen atoms in total. The molecule has 2 fully saturated rings. The highest BCUT2D eigenvalue weighted by Crippen LogP contribution is 2.21. The molecule has 41 heavy (non-hydrogen) atoms. The van der Waals surface area contributed by atoms with Crippen molar-refractivity contribution in [2.24, 2.45) is 5.41 Å². The van der Waals surface area contributed by atoms with E-state index < -0.39 is 30.2 Å². The number of hydrogen-bond donors (Lipinski definition) is 0. The van der Waals surface area contributed by atoms with Crippen molar-refractivity contribution in [3.05, 3.63) is 29.8 Å². The number of Topliss-reactive ketones (excluding diaryl/α,β-unsaturated/α-hetero) is 1. The van der Waals surface area contributed by atoms with Crippen LogP contribution in [0.3, 0.4) is 0 Å². The molecule has 0 atom stereocenters. The third-order valence-electron chi connectivity index (χ3n) is 6.81. The molecule has 2 saturated heterocycles. The summed E-state index contributed by atoms with van der Waals surface area (Å²) in [6.07, 6.45) is 0.621. The second-order valence-corrected chi connectivity index (χ2v) is 11.5. The Kier molecular flexibility index (Phi) is 11.1. The lowest BCUT2D eigenvalue weighted by molar-refractivity contribution is -0.162. The molecule has 12 heteroatoms. The molecule has 2 aliphatic heterocycles. The maximum atomic E-state index is 12.9. The van der Waals surface area contributed by atoms with Gasteiger partial charge in [0.1, 0.15) is 5.75 Å². The maximum absolute atomic E-state index is 12.9. The van der Waals surface area contributed by atoms with Gasteiger partial charge in [-0.1, -0.05) is 0 Å². The molecule has 0 unspecified atom stereocenters. The molecule has 2 heterocycles. The average molecular weight is 576 g/mol. The maximum Gasteiger partial charge on any atom is 0.412 e. The second kappa shape index (κ2) is 14.3. The average Bonchev–Trinajstić information content (AvgIpc) is 2.92. The van der Waals surface area contributed by atoms with Gasteiger partial charge >= 0.3 is 18.0 Å². The number of rotatable bonds is 10. The van der Waals surface area contributed by atoms with Crippen LogP contribution < -0.4 is 4.74 Å². The molecule has 0 N–H and O–H groups in total. The fourth-order valence-electron chi connectivity index (χ4n) is 4.50. The Labute approximate surface area is 240 Å². The van der Waals surface area contributed by atoms with E-state index in [0.29, 0.717) is 50.3 Å². The molecule has 2 amide bonds. The summed E-state index contributed by atoms with van der Waals surface area (Å²) >= 11 is 0. The summed E-state index contributed by atoms with van der Waals surface area (Å²) in [6.45, 7) is 10.2. The van der Waals surface area contributed by atoms with Gasteiger partial charge in [-0.3, -0.25) is 19.3 Å². The number of piperidine rings is 1. The number of nitrogens with zero attached hydrogens (tertiary/aromatic N) is 3. The van der Waals surface area contributed by atoms with Crippen LogP contribution in [0.2, 0.25) is 0 Å². The minimum Gasteiger partial charge on any atom is -0.482 e. The van der Waals surface area contributed by atoms with Crippen LogP contribution in [0.4, 0.5) is 4.79 Å². The number of ketones is 1. The number of carbonyl (C=O) groups is 5. The van der Waals surface area contributed by atoms with Crippen molar-refractivity contribution in [3.63, 3.8) is 0 Å². The van der Waals surface area contributed by atoms with Crippen molar-refractivity contribution < 1.29 is 42.9 Å². The summed E-state index contributed by atoms with van der Waals surface area (Å²) in [7, 11) is 0. The van der Waals surface area contributed by atoms with Gasteiger partial charge in [-0.2, -0.15) is 0 Å². The third kappa shape index (κ3) is 9.73. The highest BCUT2D eigenvalue weighted by molar-refractivity contribution is 5.99. The van der Waals surface area contributed by atoms with E-state index >= 15 is 0 Å². The van der Waals surface area contributed by atoms with Crippen LogP contribution in [-0.2, 0) is 28.6 Å². The molecule has 0 aliphatic carbocycles. The monoisotopic (exact) mass is 575 g/mol. The number of amides is 2. The molecule has 226 valence electrons. The normalized spacial score (nSPS) is 16.9. The number of piperazine rings is 1. The van der Waals surface area contributed by atoms with Crippen LogP contribution >= 0.6 is 0 Å². The molecule has 0 saturated carbocycles. The highest BCUT2D eigenvalue weighted by Gasteiger charge is 2.33. The van der Waals surface area contributed by atoms with E-state index in [1.807, 2.05) is 0 Å². The SMILES string of the molecule is CC(C)OC(=O)COc1ccc(C(=O)CN2CCN(C3CCN(C(=O)OCOC(=O)C(C)(C)C)CC3)CC2=O)cc1. The largest absolute Gasteiger partial charge is 0.482 e. The summed E-state index contributed by atoms with van der Waals surface area (Å²) < 4.78 is 20.5. The molecule has 3 rings (SSSR count). The zero-order valence-corrected chi connectivity index (χ0v) is 24.6. The predicted molar refractivity (Wildman–Crippen MR) is 147 cm³/mol. The van der Waals surface area contributed by atoms with Crippen molar-refractivity contribution in [2.75, 3.05) is 52.7 Å². The molecule has 0 spiro atoms. The topological polar surface area (TPSA) is 132 Å². The second-order valence-electron chi connectivity index (χ2n) is 11.5. The molecule has 1 aromatic carbocycles. The van der Waals surface area contributed by atoms with Crippen LogP contribution in [0.15, 0.2) is 24.3 Å². The quantitative estimate of drug-likeness (QED) is 0.233. The Hall–Kier alpha value is -3.67. The third-order valence-corrected chi connectivity index (χ3v) is 6.81. The minimum absolute atomic E-state index is 0.0162. The van der Waals surface area contributed by atoms with E-state index in [4.69, 9.17) is 18.9 Å². The van der Waals surface area contributed by atoms with Crippen LogP contribution in [0.1, 0.15) is 57.8 Å². The number of hydrogen-bond acceptors (Lipinski definition) is 10. The first kappa shape index (κ1) is 31.9. The number of carbonyl (C=O) groups excluding carboxylic acids is 5. The van der Waals surface area contributed by atoms with Gasteiger partial charge in [-0.25, -0.2) is 9.59 Å². The van der Waals surface area contributed by atoms with Crippen molar-refractivity contribution in [3.8, 4) is 5.75 Å². The van der Waals surface area contributed by atoms with Gasteiger partial charge in [-0.15, -0.1) is 0 Å². The first-order valence-electron chi connectivity index (χ1n) is 13.9. The highest BCUT2D eigenvalue weighted by atomic mass is 16.7. The van der Waals surface area contributed by atoms with Gasteiger partial charge in [0.25, 0.3) is 0 Å². The van der Waals surface area contributed by atoms with E-state index in [1.165, 1.54) is 0 Å². The molecule has 0 radical (unpaired) electrons. The van der Waals surface area contributed by atoms with Crippen molar-refractivity contribution in [1.29, 1.82) is 0 Å². The lowest BCUT2D eigenvalue weighted by atomic mass is 9.98. The van der Waals surface area contributed by atoms with Gasteiger partial charge in [-0.05, 0) is 71.7 Å². The first-order chi connectivity index (χ1) is 19.3. The number of esters is 2. The summed E-state index contributed by atoms with van der Waals surface area (Å²) in [4.78, 5) is 66.6. The van der Waals surface area contributed by atoms with Crippen LogP contribution in [0, 0.1) is 5.41 Å². The Morgan fingerprint density at radius 1 is 0.951 bits per heavy atom. The Morgan fingerprint density at radius 3 is 2.20 bits per heavy atom. The van der Waals surface area contributed by atoms with Gasteiger partial charge in [0.15, 0.2) is 12.4 Å². The number of benzene rings is 1. The fraction of sp³-hybridized carbons (Fsp3) is 0.621. The first-order valence-corrected chi connectivity index (χ1v) is 13.9. The summed E-state index contributed by atoms with van der Waals surface area (Å²) in [6, 6.07) is 6.58. The van der Waals surface area contributed by atoms with E-state index in [1.54, 1.807) is 68.7 Å². The van der Waals surface area contributed by atoms with Crippen LogP contribution in [0.5, 0.6) is 5.75 Å². The van der Waals surface area contributed by atoms with E-state index in [9.17, 15) is 24.0 Å². The number of ether oxygens (including phenoxy) is 4. The number of likely N-dealkylation sites (tertiary alicyclic amines) is 1. The van der Waals surface area contributed by atoms with Gasteiger partial charge < -0.3 is 28.7 Å². The minimum atomic E-state index is -0.674. The summed E-state index contributed by atoms with van der Waals surface area (Å²) in [5.41, 5.74) is -0.225. The van der Waals surface area contributed by atoms with Crippen LogP contribution in [-0.4, -0.2) is 109 Å². The van der Waals surface area contributed by atoms with Crippen LogP contribution in [0.25, 0.3) is 0 Å². The molecular weight excluding hydrogens is 534 g/mol. The Bertz CT molecular complexity index is 1090. The Morgan fingerprint density at radius 2 is 1.61 bits per heavy atom. The predicted octanol–water partition coefficient (Wildman–Crippen LogP) is 2.49. The lowest BCUT2D eigenvalue weighted by Gasteiger charge is -2.41. The Balaban J connectivity index is 1.38. The zero-order chi connectivity index (χ0) is 30.2.